The number of aryl methyl sites for hydroxylation is 9. The number of fused-ring (bicyclic) bond motifs is 12. The van der Waals surface area contributed by atoms with Crippen molar-refractivity contribution in [2.24, 2.45) is 0 Å². The average molecular weight is 1380 g/mol. The van der Waals surface area contributed by atoms with Crippen LogP contribution < -0.4 is 0 Å². The quantitative estimate of drug-likeness (QED) is 0.0630. The third kappa shape index (κ3) is 15.4. The molecular weight excluding hydrogens is 1260 g/mol. The molecule has 13 aromatic rings. The van der Waals surface area contributed by atoms with Crippen molar-refractivity contribution in [1.82, 2.24) is 0 Å². The largest absolute Gasteiger partial charge is 0.0654 e. The Morgan fingerprint density at radius 3 is 0.829 bits per heavy atom. The Hall–Kier alpha value is -9.10. The zero-order chi connectivity index (χ0) is 74.4. The molecule has 538 valence electrons. The summed E-state index contributed by atoms with van der Waals surface area (Å²) in [5.74, 6) is 0. The van der Waals surface area contributed by atoms with Crippen LogP contribution in [0.3, 0.4) is 0 Å². The fourth-order valence-electron chi connectivity index (χ4n) is 18.1. The van der Waals surface area contributed by atoms with Crippen molar-refractivity contribution in [1.29, 1.82) is 0 Å². The standard InChI is InChI=1S/C34H52.C28H22.C23H20.C20H24/c1-7-9-11-13-15-17-23-34(24-18-16-14-12-10-8-2)32-26-28(4)20-22-30(32)29-21-19-27(3)25-31(29)33(34,5)6;1-19-13-15-23-24-16-14-20(2)18-26(24)28(22-11-7-4-8-12-22)27(25(23)17-19)21-9-5-3-6-10-21;1-15-9-11-19-20-12-10-16(2)14-22(20)23(17(3)21(19)13-15)18-7-5-4-6-8-18;1-13-7-9-15-16-10-8-14(2)12-18(16)20(5,6)19(3,4)17(15)11-13/h19-22,25-26H,7-18,23-24H2,1-6H3;3-18H,1-2H3;4-14H,1-3H3;7-12H,1-6H3. The summed E-state index contributed by atoms with van der Waals surface area (Å²) >= 11 is 0. The van der Waals surface area contributed by atoms with Gasteiger partial charge >= 0.3 is 0 Å². The number of rotatable bonds is 17. The van der Waals surface area contributed by atoms with Crippen LogP contribution in [0.1, 0.15) is 218 Å². The highest BCUT2D eigenvalue weighted by atomic mass is 14.5. The molecule has 13 aromatic carbocycles. The van der Waals surface area contributed by atoms with Crippen molar-refractivity contribution >= 4 is 43.1 Å². The maximum Gasteiger partial charge on any atom is 0.00509 e. The molecule has 0 heteroatoms. The molecule has 0 amide bonds. The molecule has 0 aromatic heterocycles. The normalized spacial score (nSPS) is 14.0. The van der Waals surface area contributed by atoms with Gasteiger partial charge < -0.3 is 0 Å². The number of benzene rings is 13. The Balaban J connectivity index is 0.000000134. The zero-order valence-corrected chi connectivity index (χ0v) is 66.9. The van der Waals surface area contributed by atoms with E-state index in [1.54, 1.807) is 11.1 Å². The van der Waals surface area contributed by atoms with Crippen molar-refractivity contribution < 1.29 is 0 Å². The highest BCUT2D eigenvalue weighted by Crippen LogP contribution is 2.60. The molecule has 0 radical (unpaired) electrons. The van der Waals surface area contributed by atoms with E-state index >= 15 is 0 Å². The van der Waals surface area contributed by atoms with Gasteiger partial charge in [0.1, 0.15) is 0 Å². The molecule has 0 nitrogen and oxygen atoms in total. The average Bonchev–Trinajstić information content (AvgIpc) is 0.712. The molecule has 0 bridgehead atoms. The summed E-state index contributed by atoms with van der Waals surface area (Å²) in [5.41, 5.74) is 32.6. The molecule has 0 atom stereocenters. The molecule has 0 fully saturated rings. The lowest BCUT2D eigenvalue weighted by Crippen LogP contribution is -2.48. The van der Waals surface area contributed by atoms with Gasteiger partial charge in [0.05, 0.1) is 0 Å². The van der Waals surface area contributed by atoms with E-state index in [9.17, 15) is 0 Å². The second kappa shape index (κ2) is 32.3. The third-order valence-electron chi connectivity index (χ3n) is 24.8. The molecule has 0 aliphatic heterocycles. The minimum absolute atomic E-state index is 0.134. The maximum atomic E-state index is 2.57. The second-order valence-electron chi connectivity index (χ2n) is 33.2. The summed E-state index contributed by atoms with van der Waals surface area (Å²) in [4.78, 5) is 0. The van der Waals surface area contributed by atoms with Gasteiger partial charge in [-0.2, -0.15) is 0 Å². The molecule has 0 unspecified atom stereocenters. The third-order valence-corrected chi connectivity index (χ3v) is 24.8. The van der Waals surface area contributed by atoms with E-state index in [0.717, 1.165) is 0 Å². The highest BCUT2D eigenvalue weighted by molar-refractivity contribution is 6.22. The van der Waals surface area contributed by atoms with Gasteiger partial charge in [0.2, 0.25) is 0 Å². The van der Waals surface area contributed by atoms with Gasteiger partial charge in [-0.05, 0) is 218 Å². The van der Waals surface area contributed by atoms with Crippen molar-refractivity contribution in [3.05, 3.63) is 309 Å². The highest BCUT2D eigenvalue weighted by Gasteiger charge is 2.51. The molecule has 2 aliphatic carbocycles. The fourth-order valence-corrected chi connectivity index (χ4v) is 18.1. The van der Waals surface area contributed by atoms with Gasteiger partial charge in [-0.15, -0.1) is 0 Å². The van der Waals surface area contributed by atoms with Crippen LogP contribution >= 0.6 is 0 Å². The van der Waals surface area contributed by atoms with Crippen molar-refractivity contribution in [3.63, 3.8) is 0 Å². The van der Waals surface area contributed by atoms with Gasteiger partial charge in [0, 0.05) is 5.41 Å². The Labute approximate surface area is 632 Å². The number of hydrogen-bond acceptors (Lipinski definition) is 0. The smallest absolute Gasteiger partial charge is 0.00509 e. The van der Waals surface area contributed by atoms with E-state index < -0.39 is 0 Å². The number of unbranched alkanes of at least 4 members (excludes halogenated alkanes) is 10. The molecule has 0 saturated carbocycles. The molecule has 0 N–H and O–H groups in total. The van der Waals surface area contributed by atoms with Gasteiger partial charge in [0.25, 0.3) is 0 Å². The molecule has 15 rings (SSSR count). The van der Waals surface area contributed by atoms with E-state index in [0.29, 0.717) is 0 Å². The van der Waals surface area contributed by atoms with Crippen LogP contribution in [0.25, 0.3) is 98.7 Å². The fraction of sp³-hybridized carbons (Fsp3) is 0.333. The number of hydrogen-bond donors (Lipinski definition) is 0. The SMILES string of the molecule is CCCCCCCCC1(CCCCCCCC)c2cc(C)ccc2-c2ccc(C)cc2C1(C)C.Cc1ccc2c(c1)C(C)(C)C(C)(C)c1cc(C)ccc1-2.Cc1ccc2c(c1)c(-c1ccccc1)c(-c1ccccc1)c1cc(C)ccc12.Cc1ccc2c(c1)c(C)c(-c1ccccc1)c1cc(C)ccc12. The van der Waals surface area contributed by atoms with Crippen LogP contribution in [0.4, 0.5) is 0 Å². The summed E-state index contributed by atoms with van der Waals surface area (Å²) in [5, 5.41) is 10.7. The van der Waals surface area contributed by atoms with E-state index in [2.05, 4.69) is 354 Å². The summed E-state index contributed by atoms with van der Waals surface area (Å²) in [6.45, 7) is 39.2. The minimum Gasteiger partial charge on any atom is -0.0654 e. The van der Waals surface area contributed by atoms with Crippen LogP contribution in [-0.2, 0) is 21.7 Å². The second-order valence-corrected chi connectivity index (χ2v) is 33.2. The minimum atomic E-state index is 0.134. The monoisotopic (exact) mass is 1380 g/mol. The van der Waals surface area contributed by atoms with Crippen LogP contribution in [0, 0.1) is 62.3 Å². The van der Waals surface area contributed by atoms with Gasteiger partial charge in [-0.25, -0.2) is 0 Å². The van der Waals surface area contributed by atoms with Crippen LogP contribution in [-0.4, -0.2) is 0 Å². The van der Waals surface area contributed by atoms with Crippen LogP contribution in [0.15, 0.2) is 237 Å². The summed E-state index contributed by atoms with van der Waals surface area (Å²) < 4.78 is 0. The molecular formula is C105H118. The van der Waals surface area contributed by atoms with Gasteiger partial charge in [0.15, 0.2) is 0 Å². The van der Waals surface area contributed by atoms with E-state index in [1.807, 2.05) is 0 Å². The van der Waals surface area contributed by atoms with Crippen LogP contribution in [0.5, 0.6) is 0 Å². The molecule has 0 spiro atoms. The molecule has 105 heavy (non-hydrogen) atoms. The van der Waals surface area contributed by atoms with E-state index in [4.69, 9.17) is 0 Å². The van der Waals surface area contributed by atoms with E-state index in [-0.39, 0.29) is 21.7 Å². The lowest BCUT2D eigenvalue weighted by molar-refractivity contribution is 0.198. The lowest BCUT2D eigenvalue weighted by atomic mass is 9.50. The topological polar surface area (TPSA) is 0 Å². The van der Waals surface area contributed by atoms with Crippen molar-refractivity contribution in [2.45, 2.75) is 229 Å². The Kier molecular flexibility index (Phi) is 23.3. The van der Waals surface area contributed by atoms with Crippen molar-refractivity contribution in [2.75, 3.05) is 0 Å². The summed E-state index contributed by atoms with van der Waals surface area (Å²) in [7, 11) is 0. The van der Waals surface area contributed by atoms with Gasteiger partial charge in [-0.3, -0.25) is 0 Å². The first-order valence-electron chi connectivity index (χ1n) is 40.0. The predicted molar refractivity (Wildman–Crippen MR) is 462 cm³/mol. The first-order chi connectivity index (χ1) is 50.5. The lowest BCUT2D eigenvalue weighted by Gasteiger charge is -2.53. The van der Waals surface area contributed by atoms with E-state index in [1.165, 1.54) is 250 Å². The molecule has 0 heterocycles. The first kappa shape index (κ1) is 75.6. The Bertz CT molecular complexity index is 5020. The Morgan fingerprint density at radius 2 is 0.476 bits per heavy atom. The predicted octanol–water partition coefficient (Wildman–Crippen LogP) is 31.1. The summed E-state index contributed by atoms with van der Waals surface area (Å²) in [6.07, 6.45) is 19.2. The van der Waals surface area contributed by atoms with Crippen LogP contribution in [0.2, 0.25) is 0 Å². The van der Waals surface area contributed by atoms with Gasteiger partial charge in [-0.1, -0.05) is 414 Å². The zero-order valence-electron chi connectivity index (χ0n) is 66.9. The summed E-state index contributed by atoms with van der Waals surface area (Å²) in [6, 6.07) is 88.0. The molecule has 2 aliphatic rings. The molecule has 0 saturated heterocycles. The maximum absolute atomic E-state index is 2.57. The first-order valence-corrected chi connectivity index (χ1v) is 40.0. The van der Waals surface area contributed by atoms with Crippen molar-refractivity contribution in [3.8, 4) is 55.6 Å². The Morgan fingerprint density at radius 1 is 0.219 bits per heavy atom.